The molecule has 18 heavy (non-hydrogen) atoms. The number of aliphatic hydroxyl groups excluding tert-OH is 1. The minimum atomic E-state index is -0.569. The molecule has 3 heteroatoms. The summed E-state index contributed by atoms with van der Waals surface area (Å²) in [6, 6.07) is 15.9. The molecule has 0 amide bonds. The van der Waals surface area contributed by atoms with Gasteiger partial charge in [0.25, 0.3) is 0 Å². The molecule has 1 aromatic heterocycles. The Morgan fingerprint density at radius 1 is 1.00 bits per heavy atom. The van der Waals surface area contributed by atoms with Crippen LogP contribution in [0.15, 0.2) is 58.4 Å². The average molecular weight is 319 g/mol. The third kappa shape index (κ3) is 2.09. The number of hydrogen-bond acceptors (Lipinski definition) is 2. The molecule has 0 saturated heterocycles. The lowest BCUT2D eigenvalue weighted by Gasteiger charge is -2.12. The van der Waals surface area contributed by atoms with Crippen LogP contribution >= 0.6 is 27.3 Å². The van der Waals surface area contributed by atoms with Crippen molar-refractivity contribution in [3.05, 3.63) is 69.5 Å². The van der Waals surface area contributed by atoms with Gasteiger partial charge in [0.2, 0.25) is 0 Å². The molecule has 0 aliphatic rings. The molecule has 1 atom stereocenters. The Balaban J connectivity index is 2.08. The number of halogens is 1. The van der Waals surface area contributed by atoms with Gasteiger partial charge in [-0.2, -0.15) is 0 Å². The van der Waals surface area contributed by atoms with E-state index in [-0.39, 0.29) is 0 Å². The molecule has 0 spiro atoms. The van der Waals surface area contributed by atoms with Crippen LogP contribution in [-0.2, 0) is 0 Å². The van der Waals surface area contributed by atoms with Crippen LogP contribution in [0.1, 0.15) is 17.2 Å². The molecule has 0 aliphatic carbocycles. The second kappa shape index (κ2) is 4.84. The third-order valence-electron chi connectivity index (χ3n) is 2.99. The Kier molecular flexibility index (Phi) is 3.20. The van der Waals surface area contributed by atoms with E-state index < -0.39 is 6.10 Å². The largest absolute Gasteiger partial charge is 0.384 e. The van der Waals surface area contributed by atoms with Crippen LogP contribution in [0.25, 0.3) is 10.1 Å². The summed E-state index contributed by atoms with van der Waals surface area (Å²) in [7, 11) is 0. The van der Waals surface area contributed by atoms with Gasteiger partial charge in [0, 0.05) is 14.7 Å². The summed E-state index contributed by atoms with van der Waals surface area (Å²) in [5.41, 5.74) is 1.89. The predicted octanol–water partition coefficient (Wildman–Crippen LogP) is 4.75. The van der Waals surface area contributed by atoms with Gasteiger partial charge in [0.05, 0.1) is 0 Å². The second-order valence-corrected chi connectivity index (χ2v) is 5.97. The van der Waals surface area contributed by atoms with Gasteiger partial charge in [0.1, 0.15) is 6.10 Å². The molecule has 0 aliphatic heterocycles. The molecule has 2 aromatic carbocycles. The first kappa shape index (κ1) is 11.9. The van der Waals surface area contributed by atoms with Crippen molar-refractivity contribution >= 4 is 37.4 Å². The molecular formula is C15H11BrOS. The minimum Gasteiger partial charge on any atom is -0.384 e. The summed E-state index contributed by atoms with van der Waals surface area (Å²) >= 11 is 5.08. The molecule has 0 saturated carbocycles. The molecule has 0 bridgehead atoms. The third-order valence-corrected chi connectivity index (χ3v) is 4.50. The Bertz CT molecular complexity index is 672. The number of rotatable bonds is 2. The Morgan fingerprint density at radius 2 is 1.78 bits per heavy atom. The number of benzene rings is 2. The first-order valence-corrected chi connectivity index (χ1v) is 7.32. The maximum atomic E-state index is 10.5. The second-order valence-electron chi connectivity index (χ2n) is 4.14. The SMILES string of the molecule is OC(c1ccc(Br)cc1)c1cccc2ccsc12. The Hall–Kier alpha value is -1.16. The highest BCUT2D eigenvalue weighted by molar-refractivity contribution is 9.10. The first-order valence-electron chi connectivity index (χ1n) is 5.65. The number of hydrogen-bond donors (Lipinski definition) is 1. The fourth-order valence-corrected chi connectivity index (χ4v) is 3.26. The number of fused-ring (bicyclic) bond motifs is 1. The van der Waals surface area contributed by atoms with Crippen LogP contribution in [0.2, 0.25) is 0 Å². The Labute approximate surface area is 118 Å². The van der Waals surface area contributed by atoms with E-state index in [9.17, 15) is 5.11 Å². The summed E-state index contributed by atoms with van der Waals surface area (Å²) in [5, 5.41) is 13.7. The summed E-state index contributed by atoms with van der Waals surface area (Å²) in [6.45, 7) is 0. The van der Waals surface area contributed by atoms with E-state index in [0.717, 1.165) is 20.3 Å². The lowest BCUT2D eigenvalue weighted by Crippen LogP contribution is -1.99. The molecule has 3 aromatic rings. The smallest absolute Gasteiger partial charge is 0.105 e. The fourth-order valence-electron chi connectivity index (χ4n) is 2.06. The van der Waals surface area contributed by atoms with Crippen molar-refractivity contribution < 1.29 is 5.11 Å². The van der Waals surface area contributed by atoms with Gasteiger partial charge in [-0.3, -0.25) is 0 Å². The lowest BCUT2D eigenvalue weighted by molar-refractivity contribution is 0.222. The van der Waals surface area contributed by atoms with Gasteiger partial charge in [-0.25, -0.2) is 0 Å². The predicted molar refractivity (Wildman–Crippen MR) is 80.0 cm³/mol. The van der Waals surface area contributed by atoms with Gasteiger partial charge in [-0.15, -0.1) is 11.3 Å². The highest BCUT2D eigenvalue weighted by Crippen LogP contribution is 2.32. The monoisotopic (exact) mass is 318 g/mol. The van der Waals surface area contributed by atoms with Crippen molar-refractivity contribution in [3.63, 3.8) is 0 Å². The van der Waals surface area contributed by atoms with E-state index in [0.29, 0.717) is 0 Å². The van der Waals surface area contributed by atoms with E-state index in [1.165, 1.54) is 5.39 Å². The number of thiophene rings is 1. The van der Waals surface area contributed by atoms with Crippen molar-refractivity contribution in [2.75, 3.05) is 0 Å². The quantitative estimate of drug-likeness (QED) is 0.723. The van der Waals surface area contributed by atoms with Crippen molar-refractivity contribution in [3.8, 4) is 0 Å². The fraction of sp³-hybridized carbons (Fsp3) is 0.0667. The van der Waals surface area contributed by atoms with Crippen LogP contribution in [0, 0.1) is 0 Å². The van der Waals surface area contributed by atoms with Gasteiger partial charge < -0.3 is 5.11 Å². The first-order chi connectivity index (χ1) is 8.75. The number of aliphatic hydroxyl groups is 1. The van der Waals surface area contributed by atoms with Crippen molar-refractivity contribution in [2.45, 2.75) is 6.10 Å². The van der Waals surface area contributed by atoms with Crippen LogP contribution in [-0.4, -0.2) is 5.11 Å². The topological polar surface area (TPSA) is 20.2 Å². The summed E-state index contributed by atoms with van der Waals surface area (Å²) in [6.07, 6.45) is -0.569. The van der Waals surface area contributed by atoms with Gasteiger partial charge in [0.15, 0.2) is 0 Å². The van der Waals surface area contributed by atoms with E-state index >= 15 is 0 Å². The van der Waals surface area contributed by atoms with Gasteiger partial charge in [-0.1, -0.05) is 46.3 Å². The van der Waals surface area contributed by atoms with Crippen molar-refractivity contribution in [1.29, 1.82) is 0 Å². The van der Waals surface area contributed by atoms with E-state index in [4.69, 9.17) is 0 Å². The molecule has 1 heterocycles. The highest BCUT2D eigenvalue weighted by atomic mass is 79.9. The minimum absolute atomic E-state index is 0.569. The van der Waals surface area contributed by atoms with Crippen molar-refractivity contribution in [1.82, 2.24) is 0 Å². The van der Waals surface area contributed by atoms with E-state index in [1.807, 2.05) is 36.4 Å². The highest BCUT2D eigenvalue weighted by Gasteiger charge is 2.13. The molecule has 90 valence electrons. The van der Waals surface area contributed by atoms with E-state index in [2.05, 4.69) is 33.4 Å². The normalized spacial score (nSPS) is 12.8. The van der Waals surface area contributed by atoms with Gasteiger partial charge >= 0.3 is 0 Å². The zero-order valence-corrected chi connectivity index (χ0v) is 11.9. The molecule has 3 rings (SSSR count). The summed E-state index contributed by atoms with van der Waals surface area (Å²) in [4.78, 5) is 0. The Morgan fingerprint density at radius 3 is 2.56 bits per heavy atom. The summed E-state index contributed by atoms with van der Waals surface area (Å²) < 4.78 is 2.18. The molecule has 1 unspecified atom stereocenters. The van der Waals surface area contributed by atoms with Crippen LogP contribution in [0.4, 0.5) is 0 Å². The molecule has 0 fully saturated rings. The van der Waals surface area contributed by atoms with E-state index in [1.54, 1.807) is 11.3 Å². The average Bonchev–Trinajstić information content (AvgIpc) is 2.87. The van der Waals surface area contributed by atoms with Crippen molar-refractivity contribution in [2.24, 2.45) is 0 Å². The zero-order valence-electron chi connectivity index (χ0n) is 9.51. The zero-order chi connectivity index (χ0) is 12.5. The van der Waals surface area contributed by atoms with Crippen LogP contribution < -0.4 is 0 Å². The standard InChI is InChI=1S/C15H11BrOS/c16-12-6-4-10(5-7-12)14(17)13-3-1-2-11-8-9-18-15(11)13/h1-9,14,17H. The maximum Gasteiger partial charge on any atom is 0.105 e. The van der Waals surface area contributed by atoms with Crippen LogP contribution in [0.5, 0.6) is 0 Å². The van der Waals surface area contributed by atoms with Crippen LogP contribution in [0.3, 0.4) is 0 Å². The molecule has 1 nitrogen and oxygen atoms in total. The molecule has 1 N–H and O–H groups in total. The molecular weight excluding hydrogens is 308 g/mol. The van der Waals surface area contributed by atoms with Gasteiger partial charge in [-0.05, 0) is 34.5 Å². The lowest BCUT2D eigenvalue weighted by atomic mass is 10.0. The summed E-state index contributed by atoms with van der Waals surface area (Å²) in [5.74, 6) is 0. The maximum absolute atomic E-state index is 10.5. The molecule has 0 radical (unpaired) electrons.